The number of fused-ring (bicyclic) bond motifs is 1. The molecule has 1 saturated carbocycles. The van der Waals surface area contributed by atoms with E-state index >= 15 is 0 Å². The van der Waals surface area contributed by atoms with Gasteiger partial charge in [-0.25, -0.2) is 4.68 Å². The van der Waals surface area contributed by atoms with Gasteiger partial charge in [0.05, 0.1) is 24.8 Å². The van der Waals surface area contributed by atoms with Crippen molar-refractivity contribution in [1.29, 1.82) is 0 Å². The Morgan fingerprint density at radius 2 is 1.95 bits per heavy atom. The lowest BCUT2D eigenvalue weighted by Crippen LogP contribution is -2.39. The third kappa shape index (κ3) is 5.33. The highest BCUT2D eigenvalue weighted by atomic mass is 16.5. The van der Waals surface area contributed by atoms with Gasteiger partial charge in [-0.15, -0.1) is 5.10 Å². The molecule has 6 rings (SSSR count). The standard InChI is InChI=1S/C30H36N6O3/c1-20-7-5-8-22-17-26(30(37)31-27(20)22)28(29-32-33-34-36(29)23-9-3-4-10-23)35(19-25-11-6-16-39-25)18-21-12-14-24(38-2)15-13-21/h5,7-8,12-15,17,23,25,28H,3-4,6,9-11,16,18-19H2,1-2H3,(H,31,37)/t25-,28-/m1/s1. The van der Waals surface area contributed by atoms with Crippen LogP contribution in [-0.2, 0) is 11.3 Å². The molecule has 1 aliphatic heterocycles. The van der Waals surface area contributed by atoms with Gasteiger partial charge in [-0.1, -0.05) is 43.2 Å². The fourth-order valence-electron chi connectivity index (χ4n) is 6.17. The summed E-state index contributed by atoms with van der Waals surface area (Å²) in [6, 6.07) is 16.0. The van der Waals surface area contributed by atoms with Crippen LogP contribution < -0.4 is 10.3 Å². The summed E-state index contributed by atoms with van der Waals surface area (Å²) in [5.74, 6) is 1.53. The Balaban J connectivity index is 1.49. The second-order valence-corrected chi connectivity index (χ2v) is 10.8. The summed E-state index contributed by atoms with van der Waals surface area (Å²) >= 11 is 0. The lowest BCUT2D eigenvalue weighted by molar-refractivity contribution is 0.0569. The lowest BCUT2D eigenvalue weighted by Gasteiger charge is -2.33. The summed E-state index contributed by atoms with van der Waals surface area (Å²) in [5, 5.41) is 14.2. The summed E-state index contributed by atoms with van der Waals surface area (Å²) in [4.78, 5) is 19.3. The quantitative estimate of drug-likeness (QED) is 0.336. The number of pyridine rings is 1. The third-order valence-electron chi connectivity index (χ3n) is 8.22. The fourth-order valence-corrected chi connectivity index (χ4v) is 6.17. The second kappa shape index (κ2) is 11.3. The molecule has 0 spiro atoms. The van der Waals surface area contributed by atoms with Crippen LogP contribution in [0.15, 0.2) is 53.3 Å². The van der Waals surface area contributed by atoms with Gasteiger partial charge in [-0.3, -0.25) is 9.69 Å². The number of nitrogens with zero attached hydrogens (tertiary/aromatic N) is 5. The number of ether oxygens (including phenoxy) is 2. The number of benzene rings is 2. The van der Waals surface area contributed by atoms with E-state index in [9.17, 15) is 4.79 Å². The first-order valence-corrected chi connectivity index (χ1v) is 14.0. The molecule has 39 heavy (non-hydrogen) atoms. The number of nitrogens with one attached hydrogen (secondary N) is 1. The normalized spacial score (nSPS) is 18.8. The molecular formula is C30H36N6O3. The second-order valence-electron chi connectivity index (χ2n) is 10.8. The maximum absolute atomic E-state index is 13.8. The number of hydrogen-bond donors (Lipinski definition) is 1. The van der Waals surface area contributed by atoms with Gasteiger partial charge in [0.15, 0.2) is 5.82 Å². The molecule has 3 heterocycles. The van der Waals surface area contributed by atoms with E-state index in [1.807, 2.05) is 48.0 Å². The first-order chi connectivity index (χ1) is 19.1. The largest absolute Gasteiger partial charge is 0.497 e. The van der Waals surface area contributed by atoms with Crippen LogP contribution >= 0.6 is 0 Å². The van der Waals surface area contributed by atoms with Gasteiger partial charge in [0.25, 0.3) is 5.56 Å². The molecule has 2 aromatic carbocycles. The predicted molar refractivity (Wildman–Crippen MR) is 149 cm³/mol. The predicted octanol–water partition coefficient (Wildman–Crippen LogP) is 4.72. The minimum Gasteiger partial charge on any atom is -0.497 e. The van der Waals surface area contributed by atoms with Crippen molar-refractivity contribution in [2.24, 2.45) is 0 Å². The van der Waals surface area contributed by atoms with Crippen molar-refractivity contribution in [3.05, 3.63) is 81.4 Å². The highest BCUT2D eigenvalue weighted by molar-refractivity contribution is 5.82. The fraction of sp³-hybridized carbons (Fsp3) is 0.467. The van der Waals surface area contributed by atoms with Crippen molar-refractivity contribution in [3.8, 4) is 5.75 Å². The molecule has 2 aromatic heterocycles. The first kappa shape index (κ1) is 25.7. The number of rotatable bonds is 9. The molecule has 1 N–H and O–H groups in total. The smallest absolute Gasteiger partial charge is 0.253 e. The molecular weight excluding hydrogens is 492 g/mol. The van der Waals surface area contributed by atoms with Crippen molar-refractivity contribution < 1.29 is 9.47 Å². The van der Waals surface area contributed by atoms with Gasteiger partial charge in [-0.05, 0) is 77.7 Å². The zero-order chi connectivity index (χ0) is 26.8. The van der Waals surface area contributed by atoms with Gasteiger partial charge in [-0.2, -0.15) is 0 Å². The number of hydrogen-bond acceptors (Lipinski definition) is 7. The van der Waals surface area contributed by atoms with E-state index in [4.69, 9.17) is 9.47 Å². The highest BCUT2D eigenvalue weighted by Gasteiger charge is 2.35. The maximum atomic E-state index is 13.8. The van der Waals surface area contributed by atoms with Crippen LogP contribution in [0.4, 0.5) is 0 Å². The molecule has 0 amide bonds. The Kier molecular flexibility index (Phi) is 7.43. The average molecular weight is 529 g/mol. The molecule has 1 saturated heterocycles. The van der Waals surface area contributed by atoms with Crippen molar-refractivity contribution >= 4 is 10.9 Å². The number of aromatic amines is 1. The number of tetrazole rings is 1. The Bertz CT molecular complexity index is 1470. The number of aromatic nitrogens is 5. The Labute approximate surface area is 228 Å². The summed E-state index contributed by atoms with van der Waals surface area (Å²) in [5.41, 5.74) is 3.55. The van der Waals surface area contributed by atoms with E-state index in [0.717, 1.165) is 72.9 Å². The van der Waals surface area contributed by atoms with Crippen LogP contribution in [0.25, 0.3) is 10.9 Å². The summed E-state index contributed by atoms with van der Waals surface area (Å²) in [6.45, 7) is 4.06. The molecule has 2 aliphatic rings. The minimum atomic E-state index is -0.444. The van der Waals surface area contributed by atoms with Crippen LogP contribution in [0.3, 0.4) is 0 Å². The number of para-hydroxylation sites is 1. The van der Waals surface area contributed by atoms with Crippen molar-refractivity contribution in [2.75, 3.05) is 20.3 Å². The SMILES string of the molecule is COc1ccc(CN(C[C@H]2CCCO2)[C@H](c2cc3cccc(C)c3[nH]c2=O)c2nnnn2C2CCCC2)cc1. The van der Waals surface area contributed by atoms with Gasteiger partial charge in [0, 0.05) is 25.3 Å². The zero-order valence-corrected chi connectivity index (χ0v) is 22.7. The molecule has 4 aromatic rings. The van der Waals surface area contributed by atoms with Gasteiger partial charge < -0.3 is 14.5 Å². The number of H-pyrrole nitrogens is 1. The molecule has 0 unspecified atom stereocenters. The summed E-state index contributed by atoms with van der Waals surface area (Å²) in [6.07, 6.45) is 6.54. The number of aryl methyl sites for hydroxylation is 1. The Morgan fingerprint density at radius 3 is 2.69 bits per heavy atom. The average Bonchev–Trinajstić information content (AvgIpc) is 3.74. The Hall–Kier alpha value is -3.56. The molecule has 2 fully saturated rings. The van der Waals surface area contributed by atoms with Gasteiger partial charge in [0.1, 0.15) is 11.8 Å². The van der Waals surface area contributed by atoms with E-state index in [0.29, 0.717) is 24.5 Å². The lowest BCUT2D eigenvalue weighted by atomic mass is 10.00. The Morgan fingerprint density at radius 1 is 1.13 bits per heavy atom. The van der Waals surface area contributed by atoms with Crippen molar-refractivity contribution in [2.45, 2.75) is 70.2 Å². The third-order valence-corrected chi connectivity index (χ3v) is 8.22. The maximum Gasteiger partial charge on any atom is 0.253 e. The van der Waals surface area contributed by atoms with E-state index in [1.54, 1.807) is 7.11 Å². The van der Waals surface area contributed by atoms with Crippen molar-refractivity contribution in [1.82, 2.24) is 30.1 Å². The molecule has 204 valence electrons. The zero-order valence-electron chi connectivity index (χ0n) is 22.7. The van der Waals surface area contributed by atoms with E-state index in [-0.39, 0.29) is 17.7 Å². The van der Waals surface area contributed by atoms with Crippen LogP contribution in [0, 0.1) is 6.92 Å². The monoisotopic (exact) mass is 528 g/mol. The van der Waals surface area contributed by atoms with Gasteiger partial charge >= 0.3 is 0 Å². The summed E-state index contributed by atoms with van der Waals surface area (Å²) in [7, 11) is 1.67. The molecule has 2 atom stereocenters. The highest BCUT2D eigenvalue weighted by Crippen LogP contribution is 2.35. The molecule has 0 bridgehead atoms. The minimum absolute atomic E-state index is 0.0864. The molecule has 9 heteroatoms. The van der Waals surface area contributed by atoms with Crippen LogP contribution in [-0.4, -0.2) is 56.5 Å². The topological polar surface area (TPSA) is 98.2 Å². The number of methoxy groups -OCH3 is 1. The molecule has 1 aliphatic carbocycles. The first-order valence-electron chi connectivity index (χ1n) is 14.0. The van der Waals surface area contributed by atoms with Gasteiger partial charge in [0.2, 0.25) is 0 Å². The van der Waals surface area contributed by atoms with Crippen LogP contribution in [0.1, 0.15) is 73.1 Å². The van der Waals surface area contributed by atoms with E-state index in [2.05, 4.69) is 37.5 Å². The molecule has 9 nitrogen and oxygen atoms in total. The van der Waals surface area contributed by atoms with E-state index in [1.165, 1.54) is 0 Å². The van der Waals surface area contributed by atoms with Crippen molar-refractivity contribution in [3.63, 3.8) is 0 Å². The summed E-state index contributed by atoms with van der Waals surface area (Å²) < 4.78 is 13.5. The van der Waals surface area contributed by atoms with Crippen LogP contribution in [0.2, 0.25) is 0 Å². The van der Waals surface area contributed by atoms with Crippen LogP contribution in [0.5, 0.6) is 5.75 Å². The van der Waals surface area contributed by atoms with E-state index < -0.39 is 6.04 Å². The molecule has 0 radical (unpaired) electrons.